The molecule has 1 unspecified atom stereocenters. The Bertz CT molecular complexity index is 1410. The number of aromatic nitrogens is 1. The van der Waals surface area contributed by atoms with E-state index in [1.54, 1.807) is 30.3 Å². The molecule has 0 saturated carbocycles. The Morgan fingerprint density at radius 1 is 0.892 bits per heavy atom. The van der Waals surface area contributed by atoms with Crippen molar-refractivity contribution in [3.05, 3.63) is 134 Å². The number of hydrogen-bond donors (Lipinski definition) is 1. The van der Waals surface area contributed by atoms with Crippen molar-refractivity contribution in [2.24, 2.45) is 0 Å². The van der Waals surface area contributed by atoms with Crippen molar-refractivity contribution < 1.29 is 18.0 Å². The van der Waals surface area contributed by atoms with Crippen molar-refractivity contribution >= 4 is 40.7 Å². The minimum absolute atomic E-state index is 0.155. The summed E-state index contributed by atoms with van der Waals surface area (Å²) in [6.45, 7) is 0.568. The van der Waals surface area contributed by atoms with Crippen LogP contribution in [0.25, 0.3) is 0 Å². The summed E-state index contributed by atoms with van der Waals surface area (Å²) in [5.74, 6) is -5.32. The number of carbonyl (C=O) groups excluding carboxylic acids is 1. The van der Waals surface area contributed by atoms with Gasteiger partial charge in [0.1, 0.15) is 11.4 Å². The predicted molar refractivity (Wildman–Crippen MR) is 140 cm³/mol. The minimum atomic E-state index is -3.49. The third-order valence-corrected chi connectivity index (χ3v) is 6.52. The summed E-state index contributed by atoms with van der Waals surface area (Å²) in [5, 5.41) is 3.98. The molecule has 190 valence electrons. The molecule has 3 nitrogen and oxygen atoms in total. The molecule has 4 rings (SSSR count). The summed E-state index contributed by atoms with van der Waals surface area (Å²) in [5.41, 5.74) is -0.672. The molecule has 4 aromatic rings. The van der Waals surface area contributed by atoms with Crippen LogP contribution in [0.4, 0.5) is 13.2 Å². The molecule has 1 amide bonds. The van der Waals surface area contributed by atoms with E-state index >= 15 is 0 Å². The van der Waals surface area contributed by atoms with Gasteiger partial charge >= 0.3 is 0 Å². The van der Waals surface area contributed by atoms with E-state index in [4.69, 9.17) is 34.8 Å². The lowest BCUT2D eigenvalue weighted by atomic mass is 9.80. The minimum Gasteiger partial charge on any atom is -0.337 e. The zero-order valence-electron chi connectivity index (χ0n) is 19.4. The van der Waals surface area contributed by atoms with Crippen LogP contribution in [-0.4, -0.2) is 10.9 Å². The molecule has 0 bridgehead atoms. The first kappa shape index (κ1) is 27.0. The van der Waals surface area contributed by atoms with Crippen molar-refractivity contribution in [2.45, 2.75) is 24.8 Å². The van der Waals surface area contributed by atoms with Gasteiger partial charge in [-0.3, -0.25) is 9.78 Å². The zero-order chi connectivity index (χ0) is 26.8. The summed E-state index contributed by atoms with van der Waals surface area (Å²) < 4.78 is 42.2. The van der Waals surface area contributed by atoms with E-state index in [9.17, 15) is 18.0 Å². The molecule has 0 saturated heterocycles. The fraction of sp³-hybridized carbons (Fsp3) is 0.143. The van der Waals surface area contributed by atoms with Crippen LogP contribution in [0.5, 0.6) is 0 Å². The molecular formula is C28H20Cl3F3N2O. The van der Waals surface area contributed by atoms with E-state index in [-0.39, 0.29) is 12.0 Å². The lowest BCUT2D eigenvalue weighted by molar-refractivity contribution is 0.0137. The number of nitrogens with one attached hydrogen (secondary N) is 1. The molecule has 0 aliphatic rings. The Morgan fingerprint density at radius 2 is 1.57 bits per heavy atom. The van der Waals surface area contributed by atoms with Gasteiger partial charge in [0.2, 0.25) is 0 Å². The first-order chi connectivity index (χ1) is 17.5. The zero-order valence-corrected chi connectivity index (χ0v) is 21.7. The molecule has 0 fully saturated rings. The molecule has 9 heteroatoms. The number of nitrogens with zero attached hydrogens (tertiary/aromatic N) is 1. The average Bonchev–Trinajstić information content (AvgIpc) is 2.83. The first-order valence-electron chi connectivity index (χ1n) is 11.1. The second-order valence-corrected chi connectivity index (χ2v) is 9.93. The maximum atomic E-state index is 14.1. The highest BCUT2D eigenvalue weighted by atomic mass is 35.5. The van der Waals surface area contributed by atoms with Crippen LogP contribution >= 0.6 is 34.8 Å². The molecule has 1 N–H and O–H groups in total. The van der Waals surface area contributed by atoms with Gasteiger partial charge in [0.15, 0.2) is 0 Å². The van der Waals surface area contributed by atoms with Gasteiger partial charge in [0.05, 0.1) is 16.3 Å². The molecule has 0 spiro atoms. The van der Waals surface area contributed by atoms with Crippen molar-refractivity contribution in [3.8, 4) is 0 Å². The van der Waals surface area contributed by atoms with Crippen LogP contribution in [0.2, 0.25) is 15.1 Å². The number of amides is 1. The van der Waals surface area contributed by atoms with Gasteiger partial charge in [-0.1, -0.05) is 65.1 Å². The van der Waals surface area contributed by atoms with Gasteiger partial charge in [0, 0.05) is 35.2 Å². The molecule has 0 aliphatic heterocycles. The number of rotatable bonds is 7. The van der Waals surface area contributed by atoms with Crippen molar-refractivity contribution in [1.29, 1.82) is 0 Å². The van der Waals surface area contributed by atoms with E-state index < -0.39 is 28.7 Å². The monoisotopic (exact) mass is 562 g/mol. The third-order valence-electron chi connectivity index (χ3n) is 5.86. The quantitative estimate of drug-likeness (QED) is 0.246. The molecule has 37 heavy (non-hydrogen) atoms. The van der Waals surface area contributed by atoms with Crippen molar-refractivity contribution in [3.63, 3.8) is 0 Å². The summed E-state index contributed by atoms with van der Waals surface area (Å²) in [7, 11) is 0. The second-order valence-electron chi connectivity index (χ2n) is 8.62. The SMILES string of the molecule is CC(F)(F)c1cc(C(=O)NC(Cc2ccccc2)(c2cc(Cl)cc(Cl)c2)c2ccc(Cl)cn2)ccc1F. The number of benzene rings is 3. The highest BCUT2D eigenvalue weighted by Crippen LogP contribution is 2.37. The van der Waals surface area contributed by atoms with E-state index in [2.05, 4.69) is 10.3 Å². The molecule has 0 aliphatic carbocycles. The lowest BCUT2D eigenvalue weighted by Crippen LogP contribution is -2.49. The normalized spacial score (nSPS) is 13.2. The summed E-state index contributed by atoms with van der Waals surface area (Å²) >= 11 is 18.8. The van der Waals surface area contributed by atoms with E-state index in [1.807, 2.05) is 30.3 Å². The Labute approximate surface area is 227 Å². The van der Waals surface area contributed by atoms with Crippen molar-refractivity contribution in [1.82, 2.24) is 10.3 Å². The highest BCUT2D eigenvalue weighted by Gasteiger charge is 2.39. The lowest BCUT2D eigenvalue weighted by Gasteiger charge is -2.36. The summed E-state index contributed by atoms with van der Waals surface area (Å²) in [6, 6.07) is 20.2. The van der Waals surface area contributed by atoms with Crippen LogP contribution in [0.15, 0.2) is 85.1 Å². The molecule has 1 aromatic heterocycles. The predicted octanol–water partition coefficient (Wildman–Crippen LogP) is 8.21. The Hall–Kier alpha value is -3.06. The summed E-state index contributed by atoms with van der Waals surface area (Å²) in [4.78, 5) is 18.1. The van der Waals surface area contributed by atoms with E-state index in [1.165, 1.54) is 6.20 Å². The number of hydrogen-bond acceptors (Lipinski definition) is 2. The number of pyridine rings is 1. The second kappa shape index (κ2) is 10.7. The highest BCUT2D eigenvalue weighted by molar-refractivity contribution is 6.34. The smallest absolute Gasteiger partial charge is 0.273 e. The number of carbonyl (C=O) groups is 1. The first-order valence-corrected chi connectivity index (χ1v) is 12.2. The van der Waals surface area contributed by atoms with Gasteiger partial charge in [0.25, 0.3) is 11.8 Å². The van der Waals surface area contributed by atoms with Crippen LogP contribution in [-0.2, 0) is 17.9 Å². The van der Waals surface area contributed by atoms with Gasteiger partial charge in [-0.05, 0) is 59.7 Å². The molecule has 1 heterocycles. The topological polar surface area (TPSA) is 42.0 Å². The third kappa shape index (κ3) is 6.09. The van der Waals surface area contributed by atoms with E-state index in [0.29, 0.717) is 33.2 Å². The fourth-order valence-corrected chi connectivity index (χ4v) is 4.76. The molecule has 1 atom stereocenters. The van der Waals surface area contributed by atoms with Crippen molar-refractivity contribution in [2.75, 3.05) is 0 Å². The molecule has 0 radical (unpaired) electrons. The van der Waals surface area contributed by atoms with Gasteiger partial charge in [-0.15, -0.1) is 0 Å². The van der Waals surface area contributed by atoms with Crippen LogP contribution in [0, 0.1) is 5.82 Å². The van der Waals surface area contributed by atoms with Gasteiger partial charge in [-0.25, -0.2) is 13.2 Å². The van der Waals surface area contributed by atoms with Gasteiger partial charge < -0.3 is 5.32 Å². The number of halogens is 6. The Morgan fingerprint density at radius 3 is 2.16 bits per heavy atom. The largest absolute Gasteiger partial charge is 0.337 e. The van der Waals surface area contributed by atoms with Crippen LogP contribution < -0.4 is 5.32 Å². The van der Waals surface area contributed by atoms with Crippen LogP contribution in [0.3, 0.4) is 0 Å². The summed E-state index contributed by atoms with van der Waals surface area (Å²) in [6.07, 6.45) is 1.63. The van der Waals surface area contributed by atoms with Crippen LogP contribution in [0.1, 0.15) is 39.7 Å². The fourth-order valence-electron chi connectivity index (χ4n) is 4.12. The maximum Gasteiger partial charge on any atom is 0.273 e. The van der Waals surface area contributed by atoms with E-state index in [0.717, 1.165) is 23.8 Å². The van der Waals surface area contributed by atoms with Gasteiger partial charge in [-0.2, -0.15) is 0 Å². The Balaban J connectivity index is 1.92. The standard InChI is InChI=1S/C28H20Cl3F3N2O/c1-27(33,34)23-11-18(7-9-24(23)32)26(37)36-28(15-17-5-3-2-4-6-17,25-10-8-20(29)16-35-25)19-12-21(30)14-22(31)13-19/h2-14,16H,15H2,1H3,(H,36,37). The maximum absolute atomic E-state index is 14.1. The average molecular weight is 564 g/mol. The molecule has 3 aromatic carbocycles. The number of alkyl halides is 2. The Kier molecular flexibility index (Phi) is 7.83. The molecular weight excluding hydrogens is 544 g/mol.